The third-order valence-electron chi connectivity index (χ3n) is 9.04. The van der Waals surface area contributed by atoms with Gasteiger partial charge in [-0.25, -0.2) is 0 Å². The third-order valence-corrected chi connectivity index (χ3v) is 12.5. The molecule has 0 bridgehead atoms. The van der Waals surface area contributed by atoms with Crippen molar-refractivity contribution in [3.05, 3.63) is 0 Å². The second-order valence-electron chi connectivity index (χ2n) is 14.1. The van der Waals surface area contributed by atoms with Crippen LogP contribution in [0.1, 0.15) is 0 Å². The van der Waals surface area contributed by atoms with Crippen LogP contribution in [0.4, 0.5) is 184 Å². The molecule has 1 aliphatic heterocycles. The van der Waals surface area contributed by atoms with Crippen LogP contribution in [-0.4, -0.2) is 142 Å². The maximum Gasteiger partial charge on any atom is 0.697 e. The summed E-state index contributed by atoms with van der Waals surface area (Å²) in [6.07, 6.45) is -16.7. The van der Waals surface area contributed by atoms with Gasteiger partial charge in [-0.3, -0.25) is 0 Å². The minimum atomic E-state index is -9.74. The van der Waals surface area contributed by atoms with Crippen LogP contribution in [0.2, 0.25) is 0 Å². The number of thioether (sulfide) groups is 2. The molecule has 0 radical (unpaired) electrons. The first-order chi connectivity index (χ1) is 31.0. The van der Waals surface area contributed by atoms with Crippen LogP contribution in [0.25, 0.3) is 0 Å². The lowest BCUT2D eigenvalue weighted by atomic mass is 9.87. The average Bonchev–Trinajstić information content (AvgIpc) is 3.18. The summed E-state index contributed by atoms with van der Waals surface area (Å²) in [6, 6.07) is 0. The summed E-state index contributed by atoms with van der Waals surface area (Å²) < 4.78 is 594. The Morgan fingerprint density at radius 2 is 0.425 bits per heavy atom. The molecule has 0 spiro atoms. The Balaban J connectivity index is 3.84. The Hall–Kier alpha value is -2.22. The van der Waals surface area contributed by atoms with Crippen LogP contribution in [-0.2, 0) is 13.6 Å². The van der Waals surface area contributed by atoms with Crippen molar-refractivity contribution in [2.24, 2.45) is 5.41 Å². The summed E-state index contributed by atoms with van der Waals surface area (Å²) in [4.78, 5) is 0. The molecule has 0 aromatic heterocycles. The van der Waals surface area contributed by atoms with Gasteiger partial charge in [-0.1, -0.05) is 23.5 Å². The average molecular weight is 1250 g/mol. The number of hydrogen-bond donors (Lipinski definition) is 0. The van der Waals surface area contributed by atoms with Crippen LogP contribution in [0.3, 0.4) is 0 Å². The Morgan fingerprint density at radius 1 is 0.274 bits per heavy atom. The first-order valence-electron chi connectivity index (χ1n) is 16.0. The minimum absolute atomic E-state index is 2.42. The monoisotopic (exact) mass is 1250 g/mol. The quantitative estimate of drug-likeness (QED) is 0.0797. The fourth-order valence-corrected chi connectivity index (χ4v) is 7.52. The largest absolute Gasteiger partial charge is 0.697 e. The normalized spacial score (nSPS) is 18.7. The zero-order chi connectivity index (χ0) is 59.7. The molecule has 73 heavy (non-hydrogen) atoms. The number of rotatable bonds is 22. The molecule has 1 heterocycles. The van der Waals surface area contributed by atoms with Gasteiger partial charge in [0.05, 0.1) is 0 Å². The van der Waals surface area contributed by atoms with Gasteiger partial charge >= 0.3 is 126 Å². The maximum absolute atomic E-state index is 14.6. The molecular formula is C25H8F42O3PS2+. The van der Waals surface area contributed by atoms with Crippen molar-refractivity contribution in [2.75, 3.05) is 24.7 Å². The van der Waals surface area contributed by atoms with Crippen LogP contribution in [0.5, 0.6) is 0 Å². The zero-order valence-corrected chi connectivity index (χ0v) is 34.2. The summed E-state index contributed by atoms with van der Waals surface area (Å²) in [6.45, 7) is -4.84. The first-order valence-corrected chi connectivity index (χ1v) is 19.0. The Labute approximate surface area is 378 Å². The Bertz CT molecular complexity index is 1860. The van der Waals surface area contributed by atoms with E-state index in [1.807, 2.05) is 0 Å². The molecule has 1 rings (SSSR count). The molecule has 48 heteroatoms. The molecule has 0 N–H and O–H groups in total. The predicted octanol–water partition coefficient (Wildman–Crippen LogP) is 15.6. The van der Waals surface area contributed by atoms with Crippen LogP contribution >= 0.6 is 31.8 Å². The van der Waals surface area contributed by atoms with E-state index in [-0.39, 0.29) is 0 Å². The molecule has 0 atom stereocenters. The molecular weight excluding hydrogens is 1240 g/mol. The topological polar surface area (TPSA) is 35.5 Å². The van der Waals surface area contributed by atoms with Gasteiger partial charge in [0.25, 0.3) is 0 Å². The highest BCUT2D eigenvalue weighted by atomic mass is 32.2. The van der Waals surface area contributed by atoms with Gasteiger partial charge in [0.1, 0.15) is 13.2 Å². The highest BCUT2D eigenvalue weighted by Gasteiger charge is 3.00. The number of hydrogen-bond acceptors (Lipinski definition) is 5. The molecule has 0 aromatic rings. The summed E-state index contributed by atoms with van der Waals surface area (Å²) in [5.41, 5.74) is -4.03. The molecule has 1 saturated heterocycles. The zero-order valence-electron chi connectivity index (χ0n) is 31.7. The van der Waals surface area contributed by atoms with Gasteiger partial charge in [-0.2, -0.15) is 184 Å². The minimum Gasteiger partial charge on any atom is -0.192 e. The van der Waals surface area contributed by atoms with Gasteiger partial charge in [0, 0.05) is 21.5 Å². The van der Waals surface area contributed by atoms with Crippen molar-refractivity contribution in [3.8, 4) is 0 Å². The van der Waals surface area contributed by atoms with Gasteiger partial charge < -0.3 is 0 Å². The predicted molar refractivity (Wildman–Crippen MR) is 148 cm³/mol. The summed E-state index contributed by atoms with van der Waals surface area (Å²) in [5.74, 6) is -156. The number of halogens is 42. The Morgan fingerprint density at radius 3 is 0.589 bits per heavy atom. The smallest absolute Gasteiger partial charge is 0.192 e. The molecule has 0 unspecified atom stereocenters. The maximum atomic E-state index is 14.6. The van der Waals surface area contributed by atoms with Crippen molar-refractivity contribution in [3.63, 3.8) is 0 Å². The van der Waals surface area contributed by atoms with E-state index in [1.54, 1.807) is 0 Å². The first kappa shape index (κ1) is 68.8. The van der Waals surface area contributed by atoms with E-state index in [0.717, 1.165) is 0 Å². The second-order valence-corrected chi connectivity index (χ2v) is 17.2. The van der Waals surface area contributed by atoms with Gasteiger partial charge in [0.2, 0.25) is 0 Å². The van der Waals surface area contributed by atoms with E-state index in [1.165, 1.54) is 0 Å². The molecule has 3 nitrogen and oxygen atoms in total. The fraction of sp³-hybridized carbons (Fsp3) is 1.00. The van der Waals surface area contributed by atoms with E-state index in [9.17, 15) is 189 Å². The summed E-state index contributed by atoms with van der Waals surface area (Å²) >= 11 is -5.76. The van der Waals surface area contributed by atoms with E-state index in [4.69, 9.17) is 0 Å². The van der Waals surface area contributed by atoms with Gasteiger partial charge in [-0.15, -0.1) is 9.05 Å². The van der Waals surface area contributed by atoms with Gasteiger partial charge in [0.15, 0.2) is 0 Å². The van der Waals surface area contributed by atoms with Crippen molar-refractivity contribution in [2.45, 2.75) is 118 Å². The summed E-state index contributed by atoms with van der Waals surface area (Å²) in [7, 11) is -3.99. The van der Waals surface area contributed by atoms with E-state index in [0.29, 0.717) is 0 Å². The lowest BCUT2D eigenvalue weighted by Crippen LogP contribution is -2.76. The molecule has 0 amide bonds. The third kappa shape index (κ3) is 9.29. The van der Waals surface area contributed by atoms with E-state index >= 15 is 0 Å². The lowest BCUT2D eigenvalue weighted by Gasteiger charge is -2.45. The number of alkyl halides is 42. The van der Waals surface area contributed by atoms with Crippen LogP contribution < -0.4 is 0 Å². The molecule has 1 fully saturated rings. The standard InChI is InChI=1S/C25H8F42O3PS2/c26-6(27,10(34,35)14(42,43)18(50,51)22(58,59)60)8(30,31)12(38,39)16(46,47)20(54,55)24(64,65)72-3-5(1-69-71(68)70-2-5)4-73-25(66,67)21(56,57)17(48,49)13(40,41)9(32,33)7(28,29)11(36,37)15(44,45)19(52,53)23(61,62)63/h1-4H2/q+1. The second kappa shape index (κ2) is 18.2. The highest BCUT2D eigenvalue weighted by molar-refractivity contribution is 8.01. The molecule has 0 saturated carbocycles. The Kier molecular flexibility index (Phi) is 17.1. The highest BCUT2D eigenvalue weighted by Crippen LogP contribution is 2.70. The molecule has 0 aromatic carbocycles. The van der Waals surface area contributed by atoms with E-state index in [2.05, 4.69) is 9.05 Å². The van der Waals surface area contributed by atoms with Crippen molar-refractivity contribution >= 4 is 31.8 Å². The van der Waals surface area contributed by atoms with Crippen molar-refractivity contribution < 1.29 is 198 Å². The summed E-state index contributed by atoms with van der Waals surface area (Å²) in [5, 5.41) is -15.6. The van der Waals surface area contributed by atoms with Crippen LogP contribution in [0, 0.1) is 5.41 Å². The van der Waals surface area contributed by atoms with Gasteiger partial charge in [-0.05, 0) is 0 Å². The van der Waals surface area contributed by atoms with E-state index < -0.39 is 180 Å². The van der Waals surface area contributed by atoms with Crippen LogP contribution in [0.15, 0.2) is 0 Å². The molecule has 0 aliphatic carbocycles. The van der Waals surface area contributed by atoms with Crippen molar-refractivity contribution in [1.29, 1.82) is 0 Å². The molecule has 436 valence electrons. The fourth-order valence-electron chi connectivity index (χ4n) is 4.42. The SMILES string of the molecule is O=[P+]1OCC(CSC(F)(F)C(F)(F)C(F)(F)C(F)(F)C(F)(F)C(F)(F)C(F)(F)C(F)(F)C(F)(F)C(F)(F)F)(CSC(F)(F)C(F)(F)C(F)(F)C(F)(F)C(F)(F)C(F)(F)C(F)(F)C(F)(F)C(F)(F)C(F)(F)F)CO1. The molecule has 1 aliphatic rings. The lowest BCUT2D eigenvalue weighted by molar-refractivity contribution is -0.472. The van der Waals surface area contributed by atoms with Crippen molar-refractivity contribution in [1.82, 2.24) is 0 Å².